The van der Waals surface area contributed by atoms with Gasteiger partial charge in [0.15, 0.2) is 0 Å². The van der Waals surface area contributed by atoms with Crippen molar-refractivity contribution >= 4 is 29.9 Å². The summed E-state index contributed by atoms with van der Waals surface area (Å²) in [5.41, 5.74) is 1.67. The molecule has 1 atom stereocenters. The van der Waals surface area contributed by atoms with Crippen molar-refractivity contribution in [3.63, 3.8) is 0 Å². The van der Waals surface area contributed by atoms with Crippen LogP contribution in [-0.2, 0) is 4.79 Å². The molecule has 1 heterocycles. The predicted molar refractivity (Wildman–Crippen MR) is 95.5 cm³/mol. The van der Waals surface area contributed by atoms with E-state index in [1.165, 1.54) is 0 Å². The maximum Gasteiger partial charge on any atom is 0.251 e. The van der Waals surface area contributed by atoms with Crippen LogP contribution in [0.2, 0.25) is 0 Å². The summed E-state index contributed by atoms with van der Waals surface area (Å²) < 4.78 is 0. The molecule has 3 fully saturated rings. The number of nitrogens with one attached hydrogen (secondary N) is 3. The Morgan fingerprint density at radius 2 is 1.75 bits per heavy atom. The molecule has 3 N–H and O–H groups in total. The van der Waals surface area contributed by atoms with E-state index in [9.17, 15) is 9.59 Å². The summed E-state index contributed by atoms with van der Waals surface area (Å²) in [6.45, 7) is 2.04. The molecule has 0 radical (unpaired) electrons. The highest BCUT2D eigenvalue weighted by atomic mass is 35.5. The van der Waals surface area contributed by atoms with Gasteiger partial charge in [-0.1, -0.05) is 0 Å². The Balaban J connectivity index is 0.00000169. The Hall–Kier alpha value is -1.59. The molecule has 1 aromatic carbocycles. The molecule has 2 saturated carbocycles. The zero-order valence-corrected chi connectivity index (χ0v) is 14.5. The number of hydrogen-bond donors (Lipinski definition) is 3. The van der Waals surface area contributed by atoms with Crippen molar-refractivity contribution < 1.29 is 9.59 Å². The maximum atomic E-state index is 12.4. The van der Waals surface area contributed by atoms with E-state index < -0.39 is 0 Å². The SMILES string of the molecule is Cl.O=C(NC1CC1)c1ccc(NC(=O)C2CC23CCNCC3)cc1. The number of piperidine rings is 1. The van der Waals surface area contributed by atoms with Crippen molar-refractivity contribution in [1.82, 2.24) is 10.6 Å². The first-order chi connectivity index (χ1) is 11.2. The van der Waals surface area contributed by atoms with Gasteiger partial charge >= 0.3 is 0 Å². The zero-order chi connectivity index (χ0) is 15.9. The van der Waals surface area contributed by atoms with Crippen molar-refractivity contribution in [2.45, 2.75) is 38.1 Å². The van der Waals surface area contributed by atoms with Gasteiger partial charge in [0, 0.05) is 23.2 Å². The van der Waals surface area contributed by atoms with Crippen LogP contribution in [0.3, 0.4) is 0 Å². The van der Waals surface area contributed by atoms with Crippen LogP contribution in [-0.4, -0.2) is 30.9 Å². The van der Waals surface area contributed by atoms with Gasteiger partial charge in [-0.05, 0) is 74.9 Å². The van der Waals surface area contributed by atoms with E-state index in [1.807, 2.05) is 12.1 Å². The smallest absolute Gasteiger partial charge is 0.251 e. The third-order valence-electron chi connectivity index (χ3n) is 5.43. The summed E-state index contributed by atoms with van der Waals surface area (Å²) in [6.07, 6.45) is 5.39. The van der Waals surface area contributed by atoms with Crippen LogP contribution in [0.1, 0.15) is 42.5 Å². The molecule has 1 spiro atoms. The molecule has 6 heteroatoms. The largest absolute Gasteiger partial charge is 0.349 e. The van der Waals surface area contributed by atoms with Crippen LogP contribution >= 0.6 is 12.4 Å². The number of anilines is 1. The number of carbonyl (C=O) groups excluding carboxylic acids is 2. The Morgan fingerprint density at radius 1 is 1.08 bits per heavy atom. The van der Waals surface area contributed by atoms with E-state index in [4.69, 9.17) is 0 Å². The number of hydrogen-bond acceptors (Lipinski definition) is 3. The van der Waals surface area contributed by atoms with E-state index >= 15 is 0 Å². The van der Waals surface area contributed by atoms with Crippen molar-refractivity contribution in [3.8, 4) is 0 Å². The van der Waals surface area contributed by atoms with Gasteiger partial charge in [0.05, 0.1) is 0 Å². The second-order valence-corrected chi connectivity index (χ2v) is 7.18. The fourth-order valence-corrected chi connectivity index (χ4v) is 3.63. The lowest BCUT2D eigenvalue weighted by atomic mass is 9.92. The number of benzene rings is 1. The number of rotatable bonds is 4. The molecule has 1 unspecified atom stereocenters. The van der Waals surface area contributed by atoms with Crippen molar-refractivity contribution in [2.24, 2.45) is 11.3 Å². The van der Waals surface area contributed by atoms with E-state index in [0.717, 1.165) is 50.9 Å². The van der Waals surface area contributed by atoms with E-state index in [0.29, 0.717) is 11.6 Å². The first-order valence-corrected chi connectivity index (χ1v) is 8.59. The monoisotopic (exact) mass is 349 g/mol. The molecule has 3 aliphatic rings. The van der Waals surface area contributed by atoms with Gasteiger partial charge in [-0.25, -0.2) is 0 Å². The maximum absolute atomic E-state index is 12.4. The minimum atomic E-state index is -0.0266. The molecule has 5 nitrogen and oxygen atoms in total. The lowest BCUT2D eigenvalue weighted by Gasteiger charge is -2.23. The van der Waals surface area contributed by atoms with Gasteiger partial charge in [0.25, 0.3) is 5.91 Å². The Morgan fingerprint density at radius 3 is 2.38 bits per heavy atom. The molecule has 4 rings (SSSR count). The van der Waals surface area contributed by atoms with Crippen LogP contribution in [0.15, 0.2) is 24.3 Å². The second kappa shape index (κ2) is 6.73. The summed E-state index contributed by atoms with van der Waals surface area (Å²) in [6, 6.07) is 7.55. The molecule has 0 aromatic heterocycles. The topological polar surface area (TPSA) is 70.2 Å². The first-order valence-electron chi connectivity index (χ1n) is 8.59. The second-order valence-electron chi connectivity index (χ2n) is 7.18. The van der Waals surface area contributed by atoms with Gasteiger partial charge < -0.3 is 16.0 Å². The van der Waals surface area contributed by atoms with Crippen LogP contribution in [0, 0.1) is 11.3 Å². The Kier molecular flexibility index (Phi) is 4.83. The number of amides is 2. The summed E-state index contributed by atoms with van der Waals surface area (Å²) in [5, 5.41) is 9.32. The molecular weight excluding hydrogens is 326 g/mol. The van der Waals surface area contributed by atoms with Gasteiger partial charge in [0.2, 0.25) is 5.91 Å². The average Bonchev–Trinajstić information content (AvgIpc) is 3.47. The summed E-state index contributed by atoms with van der Waals surface area (Å²) in [7, 11) is 0. The molecule has 2 amide bonds. The summed E-state index contributed by atoms with van der Waals surface area (Å²) in [4.78, 5) is 24.4. The van der Waals surface area contributed by atoms with Crippen molar-refractivity contribution in [1.29, 1.82) is 0 Å². The number of carbonyl (C=O) groups is 2. The van der Waals surface area contributed by atoms with Crippen LogP contribution in [0.4, 0.5) is 5.69 Å². The quantitative estimate of drug-likeness (QED) is 0.781. The molecule has 1 aliphatic heterocycles. The zero-order valence-electron chi connectivity index (χ0n) is 13.6. The van der Waals surface area contributed by atoms with Crippen molar-refractivity contribution in [2.75, 3.05) is 18.4 Å². The molecule has 24 heavy (non-hydrogen) atoms. The van der Waals surface area contributed by atoms with Gasteiger partial charge in [-0.15, -0.1) is 12.4 Å². The molecule has 0 bridgehead atoms. The van der Waals surface area contributed by atoms with E-state index in [2.05, 4.69) is 16.0 Å². The van der Waals surface area contributed by atoms with E-state index in [1.54, 1.807) is 12.1 Å². The third kappa shape index (κ3) is 3.57. The van der Waals surface area contributed by atoms with Crippen LogP contribution < -0.4 is 16.0 Å². The van der Waals surface area contributed by atoms with Gasteiger partial charge in [-0.2, -0.15) is 0 Å². The first kappa shape index (κ1) is 17.2. The normalized spacial score (nSPS) is 23.9. The Labute approximate surface area is 148 Å². The predicted octanol–water partition coefficient (Wildman–Crippen LogP) is 2.33. The minimum Gasteiger partial charge on any atom is -0.349 e. The molecule has 1 saturated heterocycles. The third-order valence-corrected chi connectivity index (χ3v) is 5.43. The highest BCUT2D eigenvalue weighted by molar-refractivity contribution is 5.97. The summed E-state index contributed by atoms with van der Waals surface area (Å²) in [5.74, 6) is 0.255. The molecule has 130 valence electrons. The van der Waals surface area contributed by atoms with E-state index in [-0.39, 0.29) is 35.6 Å². The standard InChI is InChI=1S/C18H23N3O2.ClH/c22-16(20-14-5-6-14)12-1-3-13(4-2-12)21-17(23)15-11-18(15)7-9-19-10-8-18;/h1-4,14-15,19H,5-11H2,(H,20,22)(H,21,23);1H. The van der Waals surface area contributed by atoms with Crippen LogP contribution in [0.5, 0.6) is 0 Å². The molecule has 2 aliphatic carbocycles. The molecule has 1 aromatic rings. The number of halogens is 1. The fourth-order valence-electron chi connectivity index (χ4n) is 3.63. The highest BCUT2D eigenvalue weighted by Crippen LogP contribution is 2.58. The van der Waals surface area contributed by atoms with Crippen LogP contribution in [0.25, 0.3) is 0 Å². The highest BCUT2D eigenvalue weighted by Gasteiger charge is 2.57. The lowest BCUT2D eigenvalue weighted by molar-refractivity contribution is -0.118. The fraction of sp³-hybridized carbons (Fsp3) is 0.556. The van der Waals surface area contributed by atoms with Gasteiger partial charge in [-0.3, -0.25) is 9.59 Å². The van der Waals surface area contributed by atoms with Gasteiger partial charge in [0.1, 0.15) is 0 Å². The molecular formula is C18H24ClN3O2. The van der Waals surface area contributed by atoms with Crippen molar-refractivity contribution in [3.05, 3.63) is 29.8 Å². The average molecular weight is 350 g/mol. The minimum absolute atomic E-state index is 0. The lowest BCUT2D eigenvalue weighted by Crippen LogP contribution is -2.31. The Bertz CT molecular complexity index is 622. The summed E-state index contributed by atoms with van der Waals surface area (Å²) >= 11 is 0.